The van der Waals surface area contributed by atoms with E-state index in [4.69, 9.17) is 4.98 Å². The zero-order chi connectivity index (χ0) is 15.2. The summed E-state index contributed by atoms with van der Waals surface area (Å²) in [6, 6.07) is 1.25. The summed E-state index contributed by atoms with van der Waals surface area (Å²) in [7, 11) is 0. The minimum atomic E-state index is 0.534. The summed E-state index contributed by atoms with van der Waals surface area (Å²) in [6.45, 7) is 12.3. The van der Waals surface area contributed by atoms with Gasteiger partial charge in [0.15, 0.2) is 0 Å². The molecular weight excluding hydrogens is 278 g/mol. The highest BCUT2D eigenvalue weighted by Gasteiger charge is 2.20. The highest BCUT2D eigenvalue weighted by Crippen LogP contribution is 2.24. The lowest BCUT2D eigenvalue weighted by molar-refractivity contribution is 0.152. The molecule has 0 radical (unpaired) electrons. The smallest absolute Gasteiger partial charge is 0.107 e. The lowest BCUT2D eigenvalue weighted by atomic mass is 10.0. The molecule has 2 heterocycles. The first kappa shape index (κ1) is 16.9. The Labute approximate surface area is 134 Å². The van der Waals surface area contributed by atoms with Crippen molar-refractivity contribution < 1.29 is 0 Å². The molecule has 1 saturated heterocycles. The van der Waals surface area contributed by atoms with Crippen molar-refractivity contribution in [3.63, 3.8) is 0 Å². The van der Waals surface area contributed by atoms with Crippen LogP contribution in [-0.2, 0) is 19.5 Å². The summed E-state index contributed by atoms with van der Waals surface area (Å²) in [5.74, 6) is 0. The average molecular weight is 310 g/mol. The van der Waals surface area contributed by atoms with Crippen LogP contribution in [0.25, 0.3) is 0 Å². The number of likely N-dealkylation sites (tertiary alicyclic amines) is 1. The zero-order valence-corrected chi connectivity index (χ0v) is 14.9. The van der Waals surface area contributed by atoms with E-state index in [1.807, 2.05) is 11.3 Å². The van der Waals surface area contributed by atoms with Crippen LogP contribution in [0.3, 0.4) is 0 Å². The summed E-state index contributed by atoms with van der Waals surface area (Å²) in [5.41, 5.74) is 1.33. The molecule has 0 bridgehead atoms. The van der Waals surface area contributed by atoms with E-state index in [0.717, 1.165) is 25.6 Å². The van der Waals surface area contributed by atoms with Crippen molar-refractivity contribution >= 4 is 11.3 Å². The Kier molecular flexibility index (Phi) is 6.65. The van der Waals surface area contributed by atoms with Gasteiger partial charge in [0.05, 0.1) is 12.2 Å². The maximum Gasteiger partial charge on any atom is 0.107 e. The lowest BCUT2D eigenvalue weighted by Gasteiger charge is -2.32. The summed E-state index contributed by atoms with van der Waals surface area (Å²) >= 11 is 1.92. The van der Waals surface area contributed by atoms with Gasteiger partial charge in [0.2, 0.25) is 0 Å². The molecule has 1 fully saturated rings. The molecule has 1 aliphatic heterocycles. The highest BCUT2D eigenvalue weighted by molar-refractivity contribution is 7.11. The van der Waals surface area contributed by atoms with Crippen LogP contribution in [0, 0.1) is 0 Å². The number of aromatic nitrogens is 1. The third-order valence-corrected chi connectivity index (χ3v) is 5.34. The minimum absolute atomic E-state index is 0.534. The number of aryl methyl sites for hydroxylation is 1. The summed E-state index contributed by atoms with van der Waals surface area (Å²) in [5, 5.41) is 4.86. The van der Waals surface area contributed by atoms with Gasteiger partial charge >= 0.3 is 0 Å². The Morgan fingerprint density at radius 1 is 1.38 bits per heavy atom. The molecule has 0 spiro atoms. The third kappa shape index (κ3) is 5.04. The molecule has 0 saturated carbocycles. The van der Waals surface area contributed by atoms with E-state index in [0.29, 0.717) is 6.04 Å². The van der Waals surface area contributed by atoms with Crippen LogP contribution in [0.15, 0.2) is 0 Å². The average Bonchev–Trinajstić information content (AvgIpc) is 2.81. The van der Waals surface area contributed by atoms with E-state index in [2.05, 4.69) is 37.9 Å². The zero-order valence-electron chi connectivity index (χ0n) is 14.1. The van der Waals surface area contributed by atoms with Crippen LogP contribution in [-0.4, -0.2) is 28.5 Å². The van der Waals surface area contributed by atoms with Crippen LogP contribution >= 0.6 is 11.3 Å². The van der Waals surface area contributed by atoms with E-state index in [-0.39, 0.29) is 0 Å². The van der Waals surface area contributed by atoms with Crippen LogP contribution in [0.1, 0.15) is 69.0 Å². The van der Waals surface area contributed by atoms with E-state index in [1.54, 1.807) is 0 Å². The molecule has 1 atom stereocenters. The van der Waals surface area contributed by atoms with Crippen LogP contribution in [0.4, 0.5) is 0 Å². The van der Waals surface area contributed by atoms with Gasteiger partial charge in [0.1, 0.15) is 5.01 Å². The van der Waals surface area contributed by atoms with Crippen molar-refractivity contribution in [2.24, 2.45) is 0 Å². The lowest BCUT2D eigenvalue weighted by Crippen LogP contribution is -2.36. The molecule has 0 aliphatic carbocycles. The summed E-state index contributed by atoms with van der Waals surface area (Å²) < 4.78 is 0. The number of piperidine rings is 1. The van der Waals surface area contributed by atoms with Crippen molar-refractivity contribution in [3.8, 4) is 0 Å². The number of hydrogen-bond donors (Lipinski definition) is 1. The number of nitrogens with zero attached hydrogens (tertiary/aromatic N) is 2. The molecule has 1 unspecified atom stereocenters. The highest BCUT2D eigenvalue weighted by atomic mass is 32.1. The Morgan fingerprint density at radius 3 is 2.86 bits per heavy atom. The molecule has 0 aromatic carbocycles. The second-order valence-corrected chi connectivity index (χ2v) is 7.75. The first-order chi connectivity index (χ1) is 10.1. The van der Waals surface area contributed by atoms with E-state index < -0.39 is 0 Å². The largest absolute Gasteiger partial charge is 0.310 e. The van der Waals surface area contributed by atoms with Crippen LogP contribution in [0.2, 0.25) is 0 Å². The predicted octanol–water partition coefficient (Wildman–Crippen LogP) is 3.97. The normalized spacial score (nSPS) is 20.3. The fourth-order valence-electron chi connectivity index (χ4n) is 2.94. The quantitative estimate of drug-likeness (QED) is 0.826. The summed E-state index contributed by atoms with van der Waals surface area (Å²) in [4.78, 5) is 9.00. The molecule has 0 amide bonds. The van der Waals surface area contributed by atoms with Gasteiger partial charge in [-0.1, -0.05) is 33.6 Å². The van der Waals surface area contributed by atoms with Gasteiger partial charge in [-0.3, -0.25) is 4.90 Å². The van der Waals surface area contributed by atoms with E-state index >= 15 is 0 Å². The van der Waals surface area contributed by atoms with Gasteiger partial charge in [-0.2, -0.15) is 0 Å². The number of thiazole rings is 1. The number of rotatable bonds is 7. The Morgan fingerprint density at radius 2 is 2.19 bits per heavy atom. The van der Waals surface area contributed by atoms with Crippen LogP contribution < -0.4 is 5.32 Å². The number of nitrogens with one attached hydrogen (secondary N) is 1. The molecule has 4 heteroatoms. The fourth-order valence-corrected chi connectivity index (χ4v) is 4.03. The van der Waals surface area contributed by atoms with Gasteiger partial charge in [0.25, 0.3) is 0 Å². The Balaban J connectivity index is 2.03. The van der Waals surface area contributed by atoms with Crippen molar-refractivity contribution in [1.29, 1.82) is 0 Å². The Bertz CT molecular complexity index is 428. The SMILES string of the molecule is CCCc1nc(CN2CCCCC2C)sc1CNC(C)C. The van der Waals surface area contributed by atoms with E-state index in [1.165, 1.54) is 47.8 Å². The Hall–Kier alpha value is -0.450. The molecule has 1 aliphatic rings. The minimum Gasteiger partial charge on any atom is -0.310 e. The van der Waals surface area contributed by atoms with Gasteiger partial charge < -0.3 is 5.32 Å². The monoisotopic (exact) mass is 309 g/mol. The van der Waals surface area contributed by atoms with Gasteiger partial charge in [-0.15, -0.1) is 11.3 Å². The van der Waals surface area contributed by atoms with Crippen LogP contribution in [0.5, 0.6) is 0 Å². The predicted molar refractivity (Wildman–Crippen MR) is 91.8 cm³/mol. The van der Waals surface area contributed by atoms with Crippen molar-refractivity contribution in [1.82, 2.24) is 15.2 Å². The molecule has 21 heavy (non-hydrogen) atoms. The van der Waals surface area contributed by atoms with Crippen molar-refractivity contribution in [2.75, 3.05) is 6.54 Å². The molecular formula is C17H31N3S. The fraction of sp³-hybridized carbons (Fsp3) is 0.824. The standard InChI is InChI=1S/C17H31N3S/c1-5-8-15-16(11-18-13(2)3)21-17(19-15)12-20-10-7-6-9-14(20)4/h13-14,18H,5-12H2,1-4H3. The maximum atomic E-state index is 4.94. The number of hydrogen-bond acceptors (Lipinski definition) is 4. The van der Waals surface area contributed by atoms with Gasteiger partial charge in [0, 0.05) is 23.5 Å². The topological polar surface area (TPSA) is 28.2 Å². The molecule has 3 nitrogen and oxygen atoms in total. The summed E-state index contributed by atoms with van der Waals surface area (Å²) in [6.07, 6.45) is 6.37. The van der Waals surface area contributed by atoms with Crippen molar-refractivity contribution in [3.05, 3.63) is 15.6 Å². The third-order valence-electron chi connectivity index (χ3n) is 4.26. The molecule has 120 valence electrons. The van der Waals surface area contributed by atoms with E-state index in [9.17, 15) is 0 Å². The van der Waals surface area contributed by atoms with Gasteiger partial charge in [-0.05, 0) is 32.7 Å². The first-order valence-corrected chi connectivity index (χ1v) is 9.36. The molecule has 1 N–H and O–H groups in total. The first-order valence-electron chi connectivity index (χ1n) is 8.55. The maximum absolute atomic E-state index is 4.94. The molecule has 1 aromatic heterocycles. The van der Waals surface area contributed by atoms with Crippen molar-refractivity contribution in [2.45, 2.75) is 85.0 Å². The second kappa shape index (κ2) is 8.25. The molecule has 2 rings (SSSR count). The molecule has 1 aromatic rings. The second-order valence-electron chi connectivity index (χ2n) is 6.58. The van der Waals surface area contributed by atoms with Gasteiger partial charge in [-0.25, -0.2) is 4.98 Å².